The van der Waals surface area contributed by atoms with Crippen molar-refractivity contribution in [2.24, 2.45) is 0 Å². The topological polar surface area (TPSA) is 146 Å². The normalized spacial score (nSPS) is 12.1. The molecule has 1 aromatic rings. The van der Waals surface area contributed by atoms with Gasteiger partial charge in [0.1, 0.15) is 12.1 Å². The Labute approximate surface area is 194 Å². The molecule has 10 nitrogen and oxygen atoms in total. The van der Waals surface area contributed by atoms with E-state index in [-0.39, 0.29) is 30.2 Å². The van der Waals surface area contributed by atoms with Gasteiger partial charge in [-0.2, -0.15) is 0 Å². The number of benzene rings is 1. The van der Waals surface area contributed by atoms with Crippen LogP contribution in [0, 0.1) is 0 Å². The van der Waals surface area contributed by atoms with Gasteiger partial charge < -0.3 is 26.6 Å². The van der Waals surface area contributed by atoms with Crippen LogP contribution in [0.15, 0.2) is 24.3 Å². The molecule has 33 heavy (non-hydrogen) atoms. The van der Waals surface area contributed by atoms with Crippen molar-refractivity contribution in [1.82, 2.24) is 21.3 Å². The summed E-state index contributed by atoms with van der Waals surface area (Å²) in [6.45, 7) is 8.09. The zero-order valence-electron chi connectivity index (χ0n) is 19.7. The Bertz CT molecular complexity index is 842. The number of amides is 5. The molecular formula is C23H35N5O5. The number of nitrogens with one attached hydrogen (secondary N) is 5. The van der Waals surface area contributed by atoms with Crippen molar-refractivity contribution in [3.63, 3.8) is 0 Å². The van der Waals surface area contributed by atoms with Crippen LogP contribution in [0.4, 0.5) is 5.69 Å². The van der Waals surface area contributed by atoms with Crippen LogP contribution in [0.25, 0.3) is 0 Å². The molecule has 0 aliphatic rings. The molecule has 0 bridgehead atoms. The molecule has 0 aliphatic heterocycles. The summed E-state index contributed by atoms with van der Waals surface area (Å²) < 4.78 is 0. The summed E-state index contributed by atoms with van der Waals surface area (Å²) >= 11 is 0. The molecule has 1 rings (SSSR count). The summed E-state index contributed by atoms with van der Waals surface area (Å²) in [6, 6.07) is 4.90. The van der Waals surface area contributed by atoms with Crippen LogP contribution >= 0.6 is 0 Å². The highest BCUT2D eigenvalue weighted by molar-refractivity contribution is 5.99. The first-order valence-electron chi connectivity index (χ1n) is 11.2. The predicted octanol–water partition coefficient (Wildman–Crippen LogP) is 1.08. The van der Waals surface area contributed by atoms with E-state index >= 15 is 0 Å². The smallest absolute Gasteiger partial charge is 0.251 e. The number of rotatable bonds is 13. The fraction of sp³-hybridized carbons (Fsp3) is 0.522. The van der Waals surface area contributed by atoms with Crippen LogP contribution in [0.2, 0.25) is 0 Å². The molecule has 5 N–H and O–H groups in total. The van der Waals surface area contributed by atoms with Crippen LogP contribution in [0.5, 0.6) is 0 Å². The number of hydrogen-bond acceptors (Lipinski definition) is 5. The Kier molecular flexibility index (Phi) is 12.2. The second-order valence-electron chi connectivity index (χ2n) is 7.70. The summed E-state index contributed by atoms with van der Waals surface area (Å²) in [7, 11) is 0. The Hall–Kier alpha value is -3.43. The third-order valence-electron chi connectivity index (χ3n) is 4.60. The van der Waals surface area contributed by atoms with Crippen molar-refractivity contribution in [1.29, 1.82) is 0 Å². The molecule has 0 saturated heterocycles. The molecule has 182 valence electrons. The van der Waals surface area contributed by atoms with Crippen LogP contribution in [0.3, 0.4) is 0 Å². The van der Waals surface area contributed by atoms with Gasteiger partial charge in [0.05, 0.1) is 0 Å². The molecule has 1 aromatic carbocycles. The molecule has 0 radical (unpaired) electrons. The van der Waals surface area contributed by atoms with Gasteiger partial charge in [-0.15, -0.1) is 0 Å². The SMILES string of the molecule is CCCNC(=O)C(C)NC(=O)CCC(=O)Nc1cccc(C(=O)NC(C)C(=O)NCCC)c1. The lowest BCUT2D eigenvalue weighted by Gasteiger charge is -2.14. The fourth-order valence-electron chi connectivity index (χ4n) is 2.72. The second kappa shape index (κ2) is 14.6. The lowest BCUT2D eigenvalue weighted by molar-refractivity contribution is -0.129. The summed E-state index contributed by atoms with van der Waals surface area (Å²) in [5.74, 6) is -1.81. The Morgan fingerprint density at radius 1 is 0.788 bits per heavy atom. The molecule has 0 spiro atoms. The molecule has 0 heterocycles. The van der Waals surface area contributed by atoms with Crippen LogP contribution < -0.4 is 26.6 Å². The standard InChI is InChI=1S/C23H35N5O5/c1-5-12-24-21(31)15(3)26-19(29)10-11-20(30)28-18-9-7-8-17(14-18)23(33)27-16(4)22(32)25-13-6-2/h7-9,14-16H,5-6,10-13H2,1-4H3,(H,24,31)(H,25,32)(H,26,29)(H,27,33)(H,28,30). The lowest BCUT2D eigenvalue weighted by atomic mass is 10.1. The Balaban J connectivity index is 2.52. The first kappa shape index (κ1) is 27.6. The van der Waals surface area contributed by atoms with Crippen LogP contribution in [-0.2, 0) is 19.2 Å². The van der Waals surface area contributed by atoms with E-state index in [0.29, 0.717) is 18.8 Å². The average molecular weight is 462 g/mol. The highest BCUT2D eigenvalue weighted by atomic mass is 16.2. The van der Waals surface area contributed by atoms with Crippen molar-refractivity contribution in [3.05, 3.63) is 29.8 Å². The second-order valence-corrected chi connectivity index (χ2v) is 7.70. The first-order valence-corrected chi connectivity index (χ1v) is 11.2. The molecule has 0 fully saturated rings. The number of carbonyl (C=O) groups excluding carboxylic acids is 5. The molecule has 0 aromatic heterocycles. The van der Waals surface area contributed by atoms with Gasteiger partial charge in [-0.3, -0.25) is 24.0 Å². The van der Waals surface area contributed by atoms with Gasteiger partial charge in [-0.1, -0.05) is 19.9 Å². The minimum Gasteiger partial charge on any atom is -0.354 e. The summed E-state index contributed by atoms with van der Waals surface area (Å²) in [5.41, 5.74) is 0.677. The van der Waals surface area contributed by atoms with Crippen LogP contribution in [-0.4, -0.2) is 54.7 Å². The Morgan fingerprint density at radius 3 is 1.91 bits per heavy atom. The lowest BCUT2D eigenvalue weighted by Crippen LogP contribution is -2.45. The van der Waals surface area contributed by atoms with E-state index in [4.69, 9.17) is 0 Å². The number of anilines is 1. The minimum atomic E-state index is -0.702. The van der Waals surface area contributed by atoms with Gasteiger partial charge >= 0.3 is 0 Å². The molecular weight excluding hydrogens is 426 g/mol. The first-order chi connectivity index (χ1) is 15.7. The van der Waals surface area contributed by atoms with E-state index in [9.17, 15) is 24.0 Å². The van der Waals surface area contributed by atoms with Crippen LogP contribution in [0.1, 0.15) is 63.7 Å². The summed E-state index contributed by atoms with van der Waals surface area (Å²) in [6.07, 6.45) is 1.42. The fourth-order valence-corrected chi connectivity index (χ4v) is 2.72. The maximum atomic E-state index is 12.4. The molecule has 5 amide bonds. The van der Waals surface area contributed by atoms with Gasteiger partial charge in [0, 0.05) is 37.2 Å². The van der Waals surface area contributed by atoms with Crippen molar-refractivity contribution in [2.75, 3.05) is 18.4 Å². The molecule has 2 unspecified atom stereocenters. The number of carbonyl (C=O) groups is 5. The van der Waals surface area contributed by atoms with E-state index < -0.39 is 29.8 Å². The van der Waals surface area contributed by atoms with Crippen molar-refractivity contribution < 1.29 is 24.0 Å². The molecule has 0 aliphatic carbocycles. The van der Waals surface area contributed by atoms with E-state index in [1.807, 2.05) is 13.8 Å². The largest absolute Gasteiger partial charge is 0.354 e. The van der Waals surface area contributed by atoms with Gasteiger partial charge in [-0.05, 0) is 44.9 Å². The average Bonchev–Trinajstić information content (AvgIpc) is 2.79. The van der Waals surface area contributed by atoms with E-state index in [1.54, 1.807) is 32.0 Å². The van der Waals surface area contributed by atoms with E-state index in [2.05, 4.69) is 26.6 Å². The Morgan fingerprint density at radius 2 is 1.33 bits per heavy atom. The number of hydrogen-bond donors (Lipinski definition) is 5. The van der Waals surface area contributed by atoms with Crippen molar-refractivity contribution in [3.8, 4) is 0 Å². The monoisotopic (exact) mass is 461 g/mol. The summed E-state index contributed by atoms with van der Waals surface area (Å²) in [4.78, 5) is 60.3. The predicted molar refractivity (Wildman–Crippen MR) is 125 cm³/mol. The van der Waals surface area contributed by atoms with E-state index in [1.165, 1.54) is 6.07 Å². The molecule has 2 atom stereocenters. The van der Waals surface area contributed by atoms with Gasteiger partial charge in [0.2, 0.25) is 23.6 Å². The van der Waals surface area contributed by atoms with E-state index in [0.717, 1.165) is 12.8 Å². The maximum absolute atomic E-state index is 12.4. The van der Waals surface area contributed by atoms with Gasteiger partial charge in [0.25, 0.3) is 5.91 Å². The summed E-state index contributed by atoms with van der Waals surface area (Å²) in [5, 5.41) is 13.2. The molecule has 0 saturated carbocycles. The van der Waals surface area contributed by atoms with Crippen molar-refractivity contribution >= 4 is 35.2 Å². The minimum absolute atomic E-state index is 0.0816. The van der Waals surface area contributed by atoms with Gasteiger partial charge in [-0.25, -0.2) is 0 Å². The zero-order chi connectivity index (χ0) is 24.8. The third kappa shape index (κ3) is 10.6. The van der Waals surface area contributed by atoms with Crippen molar-refractivity contribution in [2.45, 2.75) is 65.5 Å². The highest BCUT2D eigenvalue weighted by Gasteiger charge is 2.17. The maximum Gasteiger partial charge on any atom is 0.251 e. The molecule has 10 heteroatoms. The van der Waals surface area contributed by atoms with Gasteiger partial charge in [0.15, 0.2) is 0 Å². The quantitative estimate of drug-likeness (QED) is 0.298. The highest BCUT2D eigenvalue weighted by Crippen LogP contribution is 2.12. The zero-order valence-corrected chi connectivity index (χ0v) is 19.7. The third-order valence-corrected chi connectivity index (χ3v) is 4.60.